The predicted molar refractivity (Wildman–Crippen MR) is 52.7 cm³/mol. The zero-order chi connectivity index (χ0) is 10.6. The maximum absolute atomic E-state index is 11.5. The van der Waals surface area contributed by atoms with E-state index in [1.54, 1.807) is 13.0 Å². The Labute approximate surface area is 84.1 Å². The first-order valence-electron chi connectivity index (χ1n) is 5.06. The van der Waals surface area contributed by atoms with E-state index >= 15 is 0 Å². The average Bonchev–Trinajstić information content (AvgIpc) is 2.65. The summed E-state index contributed by atoms with van der Waals surface area (Å²) in [5.74, 6) is -0.650. The third kappa shape index (κ3) is 2.22. The molecule has 3 nitrogen and oxygen atoms in total. The molecule has 0 aromatic carbocycles. The van der Waals surface area contributed by atoms with Gasteiger partial charge in [0.05, 0.1) is 12.5 Å². The number of ketones is 1. The van der Waals surface area contributed by atoms with Gasteiger partial charge in [-0.3, -0.25) is 9.59 Å². The van der Waals surface area contributed by atoms with Crippen LogP contribution in [0.1, 0.15) is 26.7 Å². The molecule has 1 aliphatic rings. The predicted octanol–water partition coefficient (Wildman–Crippen LogP) is 1.72. The van der Waals surface area contributed by atoms with Crippen LogP contribution >= 0.6 is 0 Å². The van der Waals surface area contributed by atoms with Crippen molar-refractivity contribution in [2.75, 3.05) is 6.61 Å². The first-order chi connectivity index (χ1) is 6.70. The molecule has 0 radical (unpaired) electrons. The van der Waals surface area contributed by atoms with E-state index < -0.39 is 0 Å². The Morgan fingerprint density at radius 1 is 1.43 bits per heavy atom. The third-order valence-corrected chi connectivity index (χ3v) is 2.49. The highest BCUT2D eigenvalue weighted by Gasteiger charge is 2.34. The van der Waals surface area contributed by atoms with Crippen molar-refractivity contribution in [3.63, 3.8) is 0 Å². The molecule has 78 valence electrons. The minimum Gasteiger partial charge on any atom is -0.466 e. The van der Waals surface area contributed by atoms with E-state index in [-0.39, 0.29) is 23.6 Å². The summed E-state index contributed by atoms with van der Waals surface area (Å²) in [7, 11) is 0. The Kier molecular flexibility index (Phi) is 3.86. The second-order valence-corrected chi connectivity index (χ2v) is 3.37. The summed E-state index contributed by atoms with van der Waals surface area (Å²) in [5.41, 5.74) is 0. The van der Waals surface area contributed by atoms with Crippen molar-refractivity contribution in [3.8, 4) is 0 Å². The molecule has 0 amide bonds. The number of allylic oxidation sites excluding steroid dienone is 1. The van der Waals surface area contributed by atoms with Gasteiger partial charge in [-0.1, -0.05) is 19.1 Å². The smallest absolute Gasteiger partial charge is 0.313 e. The first kappa shape index (κ1) is 11.0. The van der Waals surface area contributed by atoms with Crippen LogP contribution in [0.25, 0.3) is 0 Å². The lowest BCUT2D eigenvalue weighted by Gasteiger charge is -2.15. The van der Waals surface area contributed by atoms with E-state index in [1.165, 1.54) is 0 Å². The van der Waals surface area contributed by atoms with Crippen LogP contribution < -0.4 is 0 Å². The maximum atomic E-state index is 11.5. The van der Waals surface area contributed by atoms with Gasteiger partial charge in [0.2, 0.25) is 0 Å². The Morgan fingerprint density at radius 3 is 2.71 bits per heavy atom. The van der Waals surface area contributed by atoms with Crippen LogP contribution in [0.4, 0.5) is 0 Å². The zero-order valence-electron chi connectivity index (χ0n) is 8.66. The highest BCUT2D eigenvalue weighted by molar-refractivity contribution is 5.88. The molecule has 3 heteroatoms. The Bertz CT molecular complexity index is 255. The van der Waals surface area contributed by atoms with Crippen molar-refractivity contribution < 1.29 is 14.3 Å². The Balaban J connectivity index is 2.62. The van der Waals surface area contributed by atoms with Crippen molar-refractivity contribution in [2.45, 2.75) is 26.7 Å². The van der Waals surface area contributed by atoms with Crippen molar-refractivity contribution in [2.24, 2.45) is 11.8 Å². The summed E-state index contributed by atoms with van der Waals surface area (Å²) in [6.07, 6.45) is 4.84. The van der Waals surface area contributed by atoms with Crippen molar-refractivity contribution in [3.05, 3.63) is 12.2 Å². The molecule has 14 heavy (non-hydrogen) atoms. The van der Waals surface area contributed by atoms with Crippen LogP contribution in [0.15, 0.2) is 12.2 Å². The summed E-state index contributed by atoms with van der Waals surface area (Å²) < 4.78 is 4.91. The molecule has 0 fully saturated rings. The molecule has 0 bridgehead atoms. The van der Waals surface area contributed by atoms with E-state index in [9.17, 15) is 9.59 Å². The van der Waals surface area contributed by atoms with Crippen LogP contribution in [-0.2, 0) is 14.3 Å². The normalized spacial score (nSPS) is 25.0. The molecule has 0 saturated heterocycles. The molecule has 0 spiro atoms. The number of hydrogen-bond donors (Lipinski definition) is 0. The fourth-order valence-electron chi connectivity index (χ4n) is 1.73. The summed E-state index contributed by atoms with van der Waals surface area (Å²) >= 11 is 0. The van der Waals surface area contributed by atoms with Crippen LogP contribution in [0.3, 0.4) is 0 Å². The van der Waals surface area contributed by atoms with Gasteiger partial charge in [-0.25, -0.2) is 0 Å². The molecule has 2 unspecified atom stereocenters. The van der Waals surface area contributed by atoms with E-state index in [4.69, 9.17) is 4.74 Å². The molecule has 0 N–H and O–H groups in total. The minimum atomic E-state index is -0.345. The lowest BCUT2D eigenvalue weighted by molar-refractivity contribution is -0.149. The number of hydrogen-bond acceptors (Lipinski definition) is 3. The van der Waals surface area contributed by atoms with E-state index in [0.717, 1.165) is 0 Å². The van der Waals surface area contributed by atoms with Gasteiger partial charge in [-0.05, 0) is 13.3 Å². The fourth-order valence-corrected chi connectivity index (χ4v) is 1.73. The van der Waals surface area contributed by atoms with Gasteiger partial charge in [0, 0.05) is 12.3 Å². The largest absolute Gasteiger partial charge is 0.466 e. The van der Waals surface area contributed by atoms with Gasteiger partial charge in [0.1, 0.15) is 5.78 Å². The minimum absolute atomic E-state index is 0.146. The molecular formula is C11H16O3. The van der Waals surface area contributed by atoms with Gasteiger partial charge < -0.3 is 4.74 Å². The van der Waals surface area contributed by atoms with Gasteiger partial charge in [-0.15, -0.1) is 0 Å². The van der Waals surface area contributed by atoms with Gasteiger partial charge in [0.15, 0.2) is 0 Å². The van der Waals surface area contributed by atoms with Crippen LogP contribution in [0, 0.1) is 11.8 Å². The second kappa shape index (κ2) is 4.94. The van der Waals surface area contributed by atoms with Gasteiger partial charge in [-0.2, -0.15) is 0 Å². The Morgan fingerprint density at radius 2 is 2.14 bits per heavy atom. The molecule has 2 atom stereocenters. The molecule has 0 saturated carbocycles. The summed E-state index contributed by atoms with van der Waals surface area (Å²) in [6.45, 7) is 3.96. The molecular weight excluding hydrogens is 180 g/mol. The van der Waals surface area contributed by atoms with Crippen molar-refractivity contribution in [1.29, 1.82) is 0 Å². The van der Waals surface area contributed by atoms with E-state index in [2.05, 4.69) is 0 Å². The second-order valence-electron chi connectivity index (χ2n) is 3.37. The lowest BCUT2D eigenvalue weighted by atomic mass is 9.90. The summed E-state index contributed by atoms with van der Waals surface area (Å²) in [6, 6.07) is 0. The monoisotopic (exact) mass is 196 g/mol. The van der Waals surface area contributed by atoms with E-state index in [0.29, 0.717) is 19.4 Å². The van der Waals surface area contributed by atoms with Crippen molar-refractivity contribution in [1.82, 2.24) is 0 Å². The number of ether oxygens (including phenoxy) is 1. The summed E-state index contributed by atoms with van der Waals surface area (Å²) in [4.78, 5) is 22.9. The van der Waals surface area contributed by atoms with Gasteiger partial charge >= 0.3 is 5.97 Å². The highest BCUT2D eigenvalue weighted by Crippen LogP contribution is 2.28. The number of carbonyl (C=O) groups is 2. The first-order valence-corrected chi connectivity index (χ1v) is 5.06. The highest BCUT2D eigenvalue weighted by atomic mass is 16.5. The quantitative estimate of drug-likeness (QED) is 0.508. The van der Waals surface area contributed by atoms with Crippen molar-refractivity contribution >= 4 is 11.8 Å². The molecule has 0 aromatic heterocycles. The lowest BCUT2D eigenvalue weighted by Crippen LogP contribution is -2.26. The molecule has 1 aliphatic carbocycles. The number of esters is 1. The summed E-state index contributed by atoms with van der Waals surface area (Å²) in [5, 5.41) is 0. The average molecular weight is 196 g/mol. The Hall–Kier alpha value is -1.12. The molecule has 1 rings (SSSR count). The number of rotatable bonds is 4. The SMILES string of the molecule is CCOC(=O)C1C=CCC1C(=O)CC. The molecule has 0 aliphatic heterocycles. The molecule has 0 aromatic rings. The number of carbonyl (C=O) groups excluding carboxylic acids is 2. The standard InChI is InChI=1S/C11H16O3/c1-3-10(12)8-6-5-7-9(8)11(13)14-4-2/h5,7-9H,3-4,6H2,1-2H3. The molecule has 0 heterocycles. The fraction of sp³-hybridized carbons (Fsp3) is 0.636. The maximum Gasteiger partial charge on any atom is 0.313 e. The number of Topliss-reactive ketones (excluding diaryl/α,β-unsaturated/α-hetero) is 1. The third-order valence-electron chi connectivity index (χ3n) is 2.49. The van der Waals surface area contributed by atoms with Gasteiger partial charge in [0.25, 0.3) is 0 Å². The van der Waals surface area contributed by atoms with E-state index in [1.807, 2.05) is 13.0 Å². The topological polar surface area (TPSA) is 43.4 Å². The van der Waals surface area contributed by atoms with Crippen LogP contribution in [-0.4, -0.2) is 18.4 Å². The van der Waals surface area contributed by atoms with Crippen LogP contribution in [0.5, 0.6) is 0 Å². The van der Waals surface area contributed by atoms with Crippen LogP contribution in [0.2, 0.25) is 0 Å². The zero-order valence-corrected chi connectivity index (χ0v) is 8.66.